The Kier molecular flexibility index (Phi) is 5.08. The summed E-state index contributed by atoms with van der Waals surface area (Å²) in [4.78, 5) is 2.12. The second-order valence-electron chi connectivity index (χ2n) is 7.20. The zero-order valence-electron chi connectivity index (χ0n) is 15.8. The van der Waals surface area contributed by atoms with Gasteiger partial charge in [0.05, 0.1) is 0 Å². The number of hydrogen-bond donors (Lipinski definition) is 1. The number of hydrogen-bond acceptors (Lipinski definition) is 2. The maximum atomic E-state index is 8.69. The minimum Gasteiger partial charge on any atom is -0.378 e. The van der Waals surface area contributed by atoms with Crippen LogP contribution in [-0.4, -0.2) is 19.8 Å². The molecule has 0 radical (unpaired) electrons. The molecule has 0 aliphatic heterocycles. The van der Waals surface area contributed by atoms with Gasteiger partial charge in [0.1, 0.15) is 0 Å². The molecule has 0 amide bonds. The molecule has 0 saturated heterocycles. The van der Waals surface area contributed by atoms with E-state index in [9.17, 15) is 0 Å². The van der Waals surface area contributed by atoms with Gasteiger partial charge in [0.2, 0.25) is 0 Å². The van der Waals surface area contributed by atoms with E-state index in [0.29, 0.717) is 0 Å². The molecular formula is C23H28N2. The third-order valence-electron chi connectivity index (χ3n) is 5.12. The topological polar surface area (TPSA) is 27.1 Å². The van der Waals surface area contributed by atoms with Crippen molar-refractivity contribution in [2.45, 2.75) is 39.0 Å². The first-order valence-electron chi connectivity index (χ1n) is 9.19. The molecule has 25 heavy (non-hydrogen) atoms. The number of rotatable bonds is 6. The summed E-state index contributed by atoms with van der Waals surface area (Å²) in [6, 6.07) is 15.2. The van der Waals surface area contributed by atoms with Crippen molar-refractivity contribution in [2.75, 3.05) is 19.0 Å². The first-order chi connectivity index (χ1) is 12.0. The lowest BCUT2D eigenvalue weighted by Gasteiger charge is -2.22. The number of anilines is 1. The first-order valence-corrected chi connectivity index (χ1v) is 9.19. The predicted molar refractivity (Wildman–Crippen MR) is 109 cm³/mol. The van der Waals surface area contributed by atoms with Gasteiger partial charge in [-0.25, -0.2) is 0 Å². The molecule has 0 bridgehead atoms. The van der Waals surface area contributed by atoms with Crippen molar-refractivity contribution in [1.82, 2.24) is 0 Å². The van der Waals surface area contributed by atoms with Crippen LogP contribution in [0.4, 0.5) is 5.69 Å². The van der Waals surface area contributed by atoms with Gasteiger partial charge in [-0.3, -0.25) is 0 Å². The summed E-state index contributed by atoms with van der Waals surface area (Å²) >= 11 is 0. The Morgan fingerprint density at radius 3 is 2.56 bits per heavy atom. The SMILES string of the molecule is CCCCC(=N)c1cc(N(C)C)ccc1C1C(C)=Cc2ccccc21. The molecule has 1 atom stereocenters. The van der Waals surface area contributed by atoms with Gasteiger partial charge in [0.25, 0.3) is 0 Å². The van der Waals surface area contributed by atoms with Crippen LogP contribution in [0.15, 0.2) is 48.0 Å². The monoisotopic (exact) mass is 332 g/mol. The molecule has 2 aromatic carbocycles. The van der Waals surface area contributed by atoms with Crippen LogP contribution in [0.25, 0.3) is 6.08 Å². The van der Waals surface area contributed by atoms with Crippen molar-refractivity contribution in [3.63, 3.8) is 0 Å². The lowest BCUT2D eigenvalue weighted by atomic mass is 9.84. The Hall–Kier alpha value is -2.35. The number of nitrogens with one attached hydrogen (secondary N) is 1. The second-order valence-corrected chi connectivity index (χ2v) is 7.20. The lowest BCUT2D eigenvalue weighted by Crippen LogP contribution is -2.13. The van der Waals surface area contributed by atoms with Crippen LogP contribution < -0.4 is 4.90 Å². The van der Waals surface area contributed by atoms with Crippen LogP contribution in [0, 0.1) is 5.41 Å². The van der Waals surface area contributed by atoms with Gasteiger partial charge in [-0.1, -0.05) is 55.3 Å². The lowest BCUT2D eigenvalue weighted by molar-refractivity contribution is 0.831. The van der Waals surface area contributed by atoms with Gasteiger partial charge in [0, 0.05) is 37.0 Å². The number of benzene rings is 2. The quantitative estimate of drug-likeness (QED) is 0.659. The minimum absolute atomic E-state index is 0.268. The molecule has 1 aliphatic rings. The van der Waals surface area contributed by atoms with Crippen molar-refractivity contribution in [3.8, 4) is 0 Å². The number of unbranched alkanes of at least 4 members (excludes halogenated alkanes) is 1. The van der Waals surface area contributed by atoms with Crippen molar-refractivity contribution in [2.24, 2.45) is 0 Å². The molecule has 0 fully saturated rings. The second kappa shape index (κ2) is 7.26. The third kappa shape index (κ3) is 3.39. The summed E-state index contributed by atoms with van der Waals surface area (Å²) in [5.74, 6) is 0.268. The van der Waals surface area contributed by atoms with E-state index in [-0.39, 0.29) is 5.92 Å². The van der Waals surface area contributed by atoms with Gasteiger partial charge in [-0.05, 0) is 48.6 Å². The third-order valence-corrected chi connectivity index (χ3v) is 5.12. The van der Waals surface area contributed by atoms with Crippen molar-refractivity contribution >= 4 is 17.5 Å². The average molecular weight is 332 g/mol. The highest BCUT2D eigenvalue weighted by molar-refractivity contribution is 6.01. The van der Waals surface area contributed by atoms with E-state index in [4.69, 9.17) is 5.41 Å². The van der Waals surface area contributed by atoms with E-state index in [0.717, 1.165) is 36.2 Å². The maximum Gasteiger partial charge on any atom is 0.0390 e. The molecular weight excluding hydrogens is 304 g/mol. The molecule has 130 valence electrons. The van der Waals surface area contributed by atoms with Gasteiger partial charge in [-0.15, -0.1) is 0 Å². The molecule has 1 N–H and O–H groups in total. The first kappa shape index (κ1) is 17.5. The zero-order chi connectivity index (χ0) is 18.0. The minimum atomic E-state index is 0.268. The van der Waals surface area contributed by atoms with Gasteiger partial charge in [-0.2, -0.15) is 0 Å². The Labute approximate surface area is 151 Å². The average Bonchev–Trinajstić information content (AvgIpc) is 2.94. The Balaban J connectivity index is 2.09. The predicted octanol–water partition coefficient (Wildman–Crippen LogP) is 5.86. The standard InChI is InChI=1S/C23H28N2/c1-5-6-11-22(24)21-15-18(25(3)4)12-13-20(21)23-16(2)14-17-9-7-8-10-19(17)23/h7-10,12-15,23-24H,5-6,11H2,1-4H3. The fraction of sp³-hybridized carbons (Fsp3) is 0.348. The largest absolute Gasteiger partial charge is 0.378 e. The van der Waals surface area contributed by atoms with Crippen LogP contribution in [0.5, 0.6) is 0 Å². The molecule has 2 heteroatoms. The van der Waals surface area contributed by atoms with Gasteiger partial charge >= 0.3 is 0 Å². The highest BCUT2D eigenvalue weighted by Crippen LogP contribution is 2.42. The van der Waals surface area contributed by atoms with Crippen LogP contribution in [0.2, 0.25) is 0 Å². The van der Waals surface area contributed by atoms with E-state index in [1.807, 2.05) is 0 Å². The Morgan fingerprint density at radius 1 is 1.08 bits per heavy atom. The highest BCUT2D eigenvalue weighted by Gasteiger charge is 2.27. The van der Waals surface area contributed by atoms with Crippen molar-refractivity contribution in [3.05, 3.63) is 70.3 Å². The molecule has 2 aromatic rings. The van der Waals surface area contributed by atoms with E-state index >= 15 is 0 Å². The zero-order valence-corrected chi connectivity index (χ0v) is 15.8. The number of allylic oxidation sites excluding steroid dienone is 1. The molecule has 0 aromatic heterocycles. The summed E-state index contributed by atoms with van der Waals surface area (Å²) in [6.07, 6.45) is 5.33. The van der Waals surface area contributed by atoms with E-state index in [2.05, 4.69) is 81.4 Å². The van der Waals surface area contributed by atoms with E-state index in [1.54, 1.807) is 0 Å². The smallest absolute Gasteiger partial charge is 0.0390 e. The molecule has 0 spiro atoms. The van der Waals surface area contributed by atoms with Crippen molar-refractivity contribution < 1.29 is 0 Å². The summed E-state index contributed by atoms with van der Waals surface area (Å²) < 4.78 is 0. The van der Waals surface area contributed by atoms with Crippen LogP contribution in [0.3, 0.4) is 0 Å². The van der Waals surface area contributed by atoms with E-state index in [1.165, 1.54) is 22.3 Å². The maximum absolute atomic E-state index is 8.69. The van der Waals surface area contributed by atoms with Crippen LogP contribution in [-0.2, 0) is 0 Å². The fourth-order valence-electron chi connectivity index (χ4n) is 3.72. The van der Waals surface area contributed by atoms with Crippen LogP contribution >= 0.6 is 0 Å². The Morgan fingerprint density at radius 2 is 1.84 bits per heavy atom. The normalized spacial score (nSPS) is 15.7. The fourth-order valence-corrected chi connectivity index (χ4v) is 3.72. The highest BCUT2D eigenvalue weighted by atomic mass is 15.1. The van der Waals surface area contributed by atoms with E-state index < -0.39 is 0 Å². The molecule has 1 unspecified atom stereocenters. The number of fused-ring (bicyclic) bond motifs is 1. The van der Waals surface area contributed by atoms with Gasteiger partial charge in [0.15, 0.2) is 0 Å². The summed E-state index contributed by atoms with van der Waals surface area (Å²) in [5.41, 5.74) is 8.34. The molecule has 1 aliphatic carbocycles. The van der Waals surface area contributed by atoms with Gasteiger partial charge < -0.3 is 10.3 Å². The molecule has 3 rings (SSSR count). The summed E-state index contributed by atoms with van der Waals surface area (Å²) in [7, 11) is 4.12. The molecule has 0 heterocycles. The summed E-state index contributed by atoms with van der Waals surface area (Å²) in [6.45, 7) is 4.40. The molecule has 0 saturated carbocycles. The van der Waals surface area contributed by atoms with Crippen LogP contribution in [0.1, 0.15) is 61.3 Å². The molecule has 2 nitrogen and oxygen atoms in total. The van der Waals surface area contributed by atoms with Crippen molar-refractivity contribution in [1.29, 1.82) is 5.41 Å². The number of nitrogens with zero attached hydrogens (tertiary/aromatic N) is 1. The Bertz CT molecular complexity index is 815. The summed E-state index contributed by atoms with van der Waals surface area (Å²) in [5, 5.41) is 8.69.